The molecule has 2 atom stereocenters. The smallest absolute Gasteiger partial charge is 0.310 e. The van der Waals surface area contributed by atoms with Crippen LogP contribution in [0.15, 0.2) is 12.2 Å². The van der Waals surface area contributed by atoms with Gasteiger partial charge in [0.1, 0.15) is 0 Å². The van der Waals surface area contributed by atoms with E-state index in [1.165, 1.54) is 0 Å². The number of nitrogens with zero attached hydrogens (tertiary/aromatic N) is 1. The van der Waals surface area contributed by atoms with Gasteiger partial charge in [-0.15, -0.1) is 0 Å². The Balaban J connectivity index is 1.82. The van der Waals surface area contributed by atoms with Crippen LogP contribution in [-0.4, -0.2) is 35.1 Å². The van der Waals surface area contributed by atoms with Crippen molar-refractivity contribution < 1.29 is 9.90 Å². The Bertz CT molecular complexity index is 310. The van der Waals surface area contributed by atoms with Gasteiger partial charge < -0.3 is 5.11 Å². The quantitative estimate of drug-likeness (QED) is 0.728. The van der Waals surface area contributed by atoms with Crippen molar-refractivity contribution >= 4 is 5.97 Å². The van der Waals surface area contributed by atoms with Crippen molar-refractivity contribution in [1.82, 2.24) is 4.90 Å². The van der Waals surface area contributed by atoms with Gasteiger partial charge in [-0.3, -0.25) is 9.69 Å². The van der Waals surface area contributed by atoms with Crippen LogP contribution in [0.1, 0.15) is 27.2 Å². The number of carboxylic acid groups (broad SMARTS) is 1. The molecular formula is C13H21NO2. The molecule has 0 saturated carbocycles. The molecule has 1 aliphatic carbocycles. The van der Waals surface area contributed by atoms with Gasteiger partial charge in [0, 0.05) is 19.1 Å². The molecule has 2 rings (SSSR count). The first-order chi connectivity index (χ1) is 7.38. The summed E-state index contributed by atoms with van der Waals surface area (Å²) in [7, 11) is 0. The first-order valence-electron chi connectivity index (χ1n) is 6.03. The second kappa shape index (κ2) is 3.88. The van der Waals surface area contributed by atoms with Gasteiger partial charge in [0.2, 0.25) is 0 Å². The van der Waals surface area contributed by atoms with Crippen molar-refractivity contribution in [2.75, 3.05) is 13.1 Å². The molecule has 1 saturated heterocycles. The third-order valence-corrected chi connectivity index (χ3v) is 3.98. The Hall–Kier alpha value is -0.830. The maximum Gasteiger partial charge on any atom is 0.310 e. The summed E-state index contributed by atoms with van der Waals surface area (Å²) in [6, 6.07) is 0.361. The Morgan fingerprint density at radius 3 is 2.38 bits per heavy atom. The zero-order valence-electron chi connectivity index (χ0n) is 10.3. The van der Waals surface area contributed by atoms with Crippen molar-refractivity contribution in [3.8, 4) is 0 Å². The highest BCUT2D eigenvalue weighted by Crippen LogP contribution is 2.37. The van der Waals surface area contributed by atoms with Crippen LogP contribution in [0.5, 0.6) is 0 Å². The molecule has 3 nitrogen and oxygen atoms in total. The molecule has 1 fully saturated rings. The van der Waals surface area contributed by atoms with Crippen LogP contribution in [0.4, 0.5) is 0 Å². The Kier molecular flexibility index (Phi) is 2.82. The summed E-state index contributed by atoms with van der Waals surface area (Å²) in [5, 5.41) is 8.92. The van der Waals surface area contributed by atoms with Crippen LogP contribution in [0.2, 0.25) is 0 Å². The van der Waals surface area contributed by atoms with Crippen molar-refractivity contribution in [3.05, 3.63) is 12.2 Å². The summed E-state index contributed by atoms with van der Waals surface area (Å²) >= 11 is 0. The molecule has 0 aromatic heterocycles. The van der Waals surface area contributed by atoms with E-state index < -0.39 is 5.97 Å². The van der Waals surface area contributed by atoms with Crippen molar-refractivity contribution in [1.29, 1.82) is 0 Å². The van der Waals surface area contributed by atoms with Gasteiger partial charge in [-0.05, 0) is 17.8 Å². The van der Waals surface area contributed by atoms with E-state index in [4.69, 9.17) is 5.11 Å². The molecule has 0 amide bonds. The fourth-order valence-electron chi connectivity index (χ4n) is 2.46. The van der Waals surface area contributed by atoms with E-state index in [-0.39, 0.29) is 5.92 Å². The van der Waals surface area contributed by atoms with Crippen LogP contribution < -0.4 is 0 Å². The molecule has 0 radical (unpaired) electrons. The first kappa shape index (κ1) is 11.6. The molecule has 3 heteroatoms. The minimum atomic E-state index is -0.688. The third kappa shape index (κ3) is 2.14. The fraction of sp³-hybridized carbons (Fsp3) is 0.769. The zero-order valence-corrected chi connectivity index (χ0v) is 10.3. The van der Waals surface area contributed by atoms with Crippen molar-refractivity contribution in [2.24, 2.45) is 17.3 Å². The lowest BCUT2D eigenvalue weighted by molar-refractivity contribution is -0.140. The first-order valence-corrected chi connectivity index (χ1v) is 6.03. The Labute approximate surface area is 97.1 Å². The van der Waals surface area contributed by atoms with E-state index >= 15 is 0 Å². The van der Waals surface area contributed by atoms with Gasteiger partial charge in [0.05, 0.1) is 5.92 Å². The van der Waals surface area contributed by atoms with Gasteiger partial charge in [-0.1, -0.05) is 32.9 Å². The second-order valence-corrected chi connectivity index (χ2v) is 6.15. The van der Waals surface area contributed by atoms with Crippen LogP contribution in [-0.2, 0) is 4.79 Å². The predicted octanol–water partition coefficient (Wildman–Crippen LogP) is 1.99. The van der Waals surface area contributed by atoms with E-state index in [1.807, 2.05) is 6.08 Å². The summed E-state index contributed by atoms with van der Waals surface area (Å²) in [5.41, 5.74) is 0.380. The molecule has 0 spiro atoms. The maximum absolute atomic E-state index is 10.8. The molecule has 0 bridgehead atoms. The van der Waals surface area contributed by atoms with E-state index in [2.05, 4.69) is 31.7 Å². The number of hydrogen-bond donors (Lipinski definition) is 1. The molecule has 90 valence electrons. The van der Waals surface area contributed by atoms with Crippen molar-refractivity contribution in [3.63, 3.8) is 0 Å². The topological polar surface area (TPSA) is 40.5 Å². The van der Waals surface area contributed by atoms with E-state index in [0.717, 1.165) is 25.4 Å². The molecule has 0 aromatic rings. The standard InChI is InChI=1S/C13H21NO2/c1-13(2,3)10-7-14(8-10)11-5-4-9(6-11)12(15)16/h4-5,9-11H,6-8H2,1-3H3,(H,15,16). The van der Waals surface area contributed by atoms with Crippen LogP contribution >= 0.6 is 0 Å². The van der Waals surface area contributed by atoms with Crippen LogP contribution in [0, 0.1) is 17.3 Å². The third-order valence-electron chi connectivity index (χ3n) is 3.98. The van der Waals surface area contributed by atoms with E-state index in [0.29, 0.717) is 11.5 Å². The molecule has 1 aliphatic heterocycles. The van der Waals surface area contributed by atoms with Gasteiger partial charge >= 0.3 is 5.97 Å². The summed E-state index contributed by atoms with van der Waals surface area (Å²) < 4.78 is 0. The predicted molar refractivity (Wildman–Crippen MR) is 63.2 cm³/mol. The molecule has 2 unspecified atom stereocenters. The summed E-state index contributed by atoms with van der Waals surface area (Å²) in [6.45, 7) is 9.06. The number of likely N-dealkylation sites (tertiary alicyclic amines) is 1. The highest BCUT2D eigenvalue weighted by Gasteiger charge is 2.40. The summed E-state index contributed by atoms with van der Waals surface area (Å²) in [5.74, 6) is -0.199. The largest absolute Gasteiger partial charge is 0.481 e. The molecular weight excluding hydrogens is 202 g/mol. The SMILES string of the molecule is CC(C)(C)C1CN(C2C=CC(C(=O)O)C2)C1. The van der Waals surface area contributed by atoms with Crippen LogP contribution in [0.3, 0.4) is 0 Å². The number of carbonyl (C=O) groups is 1. The van der Waals surface area contributed by atoms with Gasteiger partial charge in [-0.2, -0.15) is 0 Å². The van der Waals surface area contributed by atoms with Gasteiger partial charge in [0.25, 0.3) is 0 Å². The van der Waals surface area contributed by atoms with Gasteiger partial charge in [0.15, 0.2) is 0 Å². The molecule has 1 heterocycles. The average Bonchev–Trinajstić information content (AvgIpc) is 2.46. The highest BCUT2D eigenvalue weighted by atomic mass is 16.4. The number of hydrogen-bond acceptors (Lipinski definition) is 2. The lowest BCUT2D eigenvalue weighted by Gasteiger charge is -2.48. The highest BCUT2D eigenvalue weighted by molar-refractivity contribution is 5.73. The molecule has 1 N–H and O–H groups in total. The minimum Gasteiger partial charge on any atom is -0.481 e. The number of carboxylic acids is 1. The maximum atomic E-state index is 10.8. The molecule has 2 aliphatic rings. The van der Waals surface area contributed by atoms with E-state index in [9.17, 15) is 4.79 Å². The lowest BCUT2D eigenvalue weighted by Crippen LogP contribution is -2.55. The normalized spacial score (nSPS) is 31.7. The van der Waals surface area contributed by atoms with Gasteiger partial charge in [-0.25, -0.2) is 0 Å². The zero-order chi connectivity index (χ0) is 11.9. The fourth-order valence-corrected chi connectivity index (χ4v) is 2.46. The second-order valence-electron chi connectivity index (χ2n) is 6.15. The molecule has 16 heavy (non-hydrogen) atoms. The van der Waals surface area contributed by atoms with Crippen molar-refractivity contribution in [2.45, 2.75) is 33.2 Å². The summed E-state index contributed by atoms with van der Waals surface area (Å²) in [6.07, 6.45) is 4.67. The van der Waals surface area contributed by atoms with Crippen LogP contribution in [0.25, 0.3) is 0 Å². The monoisotopic (exact) mass is 223 g/mol. The molecule has 0 aromatic carbocycles. The number of aliphatic carboxylic acids is 1. The average molecular weight is 223 g/mol. The Morgan fingerprint density at radius 1 is 1.31 bits per heavy atom. The Morgan fingerprint density at radius 2 is 1.94 bits per heavy atom. The summed E-state index contributed by atoms with van der Waals surface area (Å²) in [4.78, 5) is 13.2. The van der Waals surface area contributed by atoms with E-state index in [1.54, 1.807) is 0 Å². The minimum absolute atomic E-state index is 0.265. The number of rotatable bonds is 2. The lowest BCUT2D eigenvalue weighted by atomic mass is 9.75.